The van der Waals surface area contributed by atoms with Crippen LogP contribution in [0, 0.1) is 11.3 Å². The second-order valence-electron chi connectivity index (χ2n) is 6.17. The third kappa shape index (κ3) is 1.60. The Kier molecular flexibility index (Phi) is 2.58. The molecular formula is C18H18N2. The summed E-state index contributed by atoms with van der Waals surface area (Å²) in [5, 5.41) is 15.5. The maximum absolute atomic E-state index is 9.30. The van der Waals surface area contributed by atoms with E-state index in [1.165, 1.54) is 43.1 Å². The highest BCUT2D eigenvalue weighted by Crippen LogP contribution is 2.45. The molecule has 0 aliphatic carbocycles. The fourth-order valence-electron chi connectivity index (χ4n) is 4.18. The lowest BCUT2D eigenvalue weighted by Gasteiger charge is -2.36. The summed E-state index contributed by atoms with van der Waals surface area (Å²) < 4.78 is 0. The number of nitriles is 1. The number of nitrogens with one attached hydrogen (secondary N) is 1. The van der Waals surface area contributed by atoms with Crippen LogP contribution in [0.1, 0.15) is 43.2 Å². The predicted octanol–water partition coefficient (Wildman–Crippen LogP) is 3.84. The lowest BCUT2D eigenvalue weighted by Crippen LogP contribution is -2.44. The first-order valence-corrected chi connectivity index (χ1v) is 7.52. The van der Waals surface area contributed by atoms with Crippen LogP contribution in [0.4, 0.5) is 0 Å². The summed E-state index contributed by atoms with van der Waals surface area (Å²) in [7, 11) is 0. The molecule has 0 amide bonds. The van der Waals surface area contributed by atoms with Crippen LogP contribution < -0.4 is 5.32 Å². The molecule has 2 unspecified atom stereocenters. The molecule has 2 bridgehead atoms. The van der Waals surface area contributed by atoms with E-state index in [0.717, 1.165) is 10.9 Å². The summed E-state index contributed by atoms with van der Waals surface area (Å²) >= 11 is 0. The van der Waals surface area contributed by atoms with Crippen molar-refractivity contribution in [3.8, 4) is 6.07 Å². The molecule has 0 aromatic heterocycles. The molecule has 2 aliphatic rings. The molecule has 0 spiro atoms. The van der Waals surface area contributed by atoms with Gasteiger partial charge in [-0.15, -0.1) is 0 Å². The van der Waals surface area contributed by atoms with Crippen LogP contribution in [-0.2, 0) is 5.54 Å². The topological polar surface area (TPSA) is 35.8 Å². The monoisotopic (exact) mass is 262 g/mol. The highest BCUT2D eigenvalue weighted by molar-refractivity contribution is 5.91. The summed E-state index contributed by atoms with van der Waals surface area (Å²) in [6.07, 6.45) is 6.36. The minimum atomic E-state index is 0.149. The first kappa shape index (κ1) is 11.9. The van der Waals surface area contributed by atoms with Crippen molar-refractivity contribution in [1.29, 1.82) is 5.26 Å². The van der Waals surface area contributed by atoms with Crippen LogP contribution in [0.3, 0.4) is 0 Å². The van der Waals surface area contributed by atoms with E-state index in [1.807, 2.05) is 12.1 Å². The summed E-state index contributed by atoms with van der Waals surface area (Å²) in [5.41, 5.74) is 2.33. The van der Waals surface area contributed by atoms with Crippen molar-refractivity contribution in [1.82, 2.24) is 5.32 Å². The van der Waals surface area contributed by atoms with Crippen LogP contribution >= 0.6 is 0 Å². The molecule has 2 fully saturated rings. The molecule has 100 valence electrons. The van der Waals surface area contributed by atoms with Crippen molar-refractivity contribution in [3.05, 3.63) is 47.5 Å². The second-order valence-corrected chi connectivity index (χ2v) is 6.17. The molecule has 2 atom stereocenters. The minimum absolute atomic E-state index is 0.149. The summed E-state index contributed by atoms with van der Waals surface area (Å²) in [4.78, 5) is 0. The molecule has 2 heteroatoms. The van der Waals surface area contributed by atoms with Crippen LogP contribution in [-0.4, -0.2) is 6.04 Å². The van der Waals surface area contributed by atoms with E-state index in [9.17, 15) is 5.26 Å². The number of fused-ring (bicyclic) bond motifs is 3. The molecule has 1 N–H and O–H groups in total. The quantitative estimate of drug-likeness (QED) is 0.847. The maximum atomic E-state index is 9.30. The Bertz CT molecular complexity index is 709. The SMILES string of the molecule is N#Cc1ccc(C23CCCC(CC2)N3)c2ccccc12. The van der Waals surface area contributed by atoms with Crippen LogP contribution in [0.15, 0.2) is 36.4 Å². The Hall–Kier alpha value is -1.85. The van der Waals surface area contributed by atoms with Gasteiger partial charge in [-0.3, -0.25) is 0 Å². The zero-order valence-electron chi connectivity index (χ0n) is 11.5. The van der Waals surface area contributed by atoms with E-state index in [0.29, 0.717) is 6.04 Å². The van der Waals surface area contributed by atoms with E-state index in [2.05, 4.69) is 35.7 Å². The average molecular weight is 262 g/mol. The zero-order valence-corrected chi connectivity index (χ0v) is 11.5. The van der Waals surface area contributed by atoms with Crippen molar-refractivity contribution in [3.63, 3.8) is 0 Å². The minimum Gasteiger partial charge on any atom is -0.305 e. The fraction of sp³-hybridized carbons (Fsp3) is 0.389. The van der Waals surface area contributed by atoms with Crippen molar-refractivity contribution in [2.45, 2.75) is 43.7 Å². The van der Waals surface area contributed by atoms with Gasteiger partial charge in [0.05, 0.1) is 11.6 Å². The van der Waals surface area contributed by atoms with Crippen molar-refractivity contribution in [2.75, 3.05) is 0 Å². The average Bonchev–Trinajstić information content (AvgIpc) is 2.81. The smallest absolute Gasteiger partial charge is 0.0998 e. The van der Waals surface area contributed by atoms with Crippen molar-refractivity contribution >= 4 is 10.8 Å². The van der Waals surface area contributed by atoms with E-state index < -0.39 is 0 Å². The predicted molar refractivity (Wildman–Crippen MR) is 80.3 cm³/mol. The number of rotatable bonds is 1. The lowest BCUT2D eigenvalue weighted by atomic mass is 9.80. The first-order chi connectivity index (χ1) is 9.82. The number of benzene rings is 2. The third-order valence-corrected chi connectivity index (χ3v) is 5.12. The van der Waals surface area contributed by atoms with Gasteiger partial charge in [0, 0.05) is 11.6 Å². The van der Waals surface area contributed by atoms with E-state index in [1.54, 1.807) is 0 Å². The Morgan fingerprint density at radius 2 is 1.90 bits per heavy atom. The Morgan fingerprint density at radius 3 is 2.75 bits per heavy atom. The number of piperidine rings is 1. The van der Waals surface area contributed by atoms with Crippen LogP contribution in [0.2, 0.25) is 0 Å². The summed E-state index contributed by atoms with van der Waals surface area (Å²) in [6, 6.07) is 15.5. The van der Waals surface area contributed by atoms with Gasteiger partial charge in [-0.2, -0.15) is 5.26 Å². The van der Waals surface area contributed by atoms with Gasteiger partial charge in [0.1, 0.15) is 0 Å². The van der Waals surface area contributed by atoms with Crippen LogP contribution in [0.5, 0.6) is 0 Å². The zero-order chi connectivity index (χ0) is 13.6. The molecule has 4 rings (SSSR count). The van der Waals surface area contributed by atoms with Gasteiger partial charge in [0.2, 0.25) is 0 Å². The van der Waals surface area contributed by atoms with Gasteiger partial charge in [0.15, 0.2) is 0 Å². The molecule has 2 saturated heterocycles. The summed E-state index contributed by atoms with van der Waals surface area (Å²) in [5.74, 6) is 0. The number of hydrogen-bond donors (Lipinski definition) is 1. The van der Waals surface area contributed by atoms with E-state index >= 15 is 0 Å². The largest absolute Gasteiger partial charge is 0.305 e. The molecular weight excluding hydrogens is 244 g/mol. The van der Waals surface area contributed by atoms with Gasteiger partial charge < -0.3 is 5.32 Å². The lowest BCUT2D eigenvalue weighted by molar-refractivity contribution is 0.282. The highest BCUT2D eigenvalue weighted by Gasteiger charge is 2.43. The van der Waals surface area contributed by atoms with E-state index in [-0.39, 0.29) is 5.54 Å². The van der Waals surface area contributed by atoms with Crippen LogP contribution in [0.25, 0.3) is 10.8 Å². The third-order valence-electron chi connectivity index (χ3n) is 5.12. The molecule has 2 heterocycles. The van der Waals surface area contributed by atoms with Gasteiger partial charge in [0.25, 0.3) is 0 Å². The van der Waals surface area contributed by atoms with Gasteiger partial charge in [-0.05, 0) is 54.5 Å². The Labute approximate surface area is 119 Å². The molecule has 2 nitrogen and oxygen atoms in total. The molecule has 2 aromatic carbocycles. The molecule has 20 heavy (non-hydrogen) atoms. The second kappa shape index (κ2) is 4.33. The Morgan fingerprint density at radius 1 is 1.05 bits per heavy atom. The summed E-state index contributed by atoms with van der Waals surface area (Å²) in [6.45, 7) is 0. The molecule has 2 aliphatic heterocycles. The van der Waals surface area contributed by atoms with Gasteiger partial charge in [-0.25, -0.2) is 0 Å². The standard InChI is InChI=1S/C18H18N2/c19-12-13-7-8-17(16-6-2-1-5-15(13)16)18-10-3-4-14(20-18)9-11-18/h1-2,5-8,14,20H,3-4,9-11H2. The van der Waals surface area contributed by atoms with Crippen molar-refractivity contribution in [2.24, 2.45) is 0 Å². The molecule has 0 saturated carbocycles. The van der Waals surface area contributed by atoms with E-state index in [4.69, 9.17) is 0 Å². The Balaban J connectivity index is 1.95. The fourth-order valence-corrected chi connectivity index (χ4v) is 4.18. The molecule has 2 aromatic rings. The van der Waals surface area contributed by atoms with Gasteiger partial charge >= 0.3 is 0 Å². The first-order valence-electron chi connectivity index (χ1n) is 7.52. The number of hydrogen-bond acceptors (Lipinski definition) is 2. The van der Waals surface area contributed by atoms with Crippen molar-refractivity contribution < 1.29 is 0 Å². The number of nitrogens with zero attached hydrogens (tertiary/aromatic N) is 1. The normalized spacial score (nSPS) is 28.4. The molecule has 0 radical (unpaired) electrons. The highest BCUT2D eigenvalue weighted by atomic mass is 15.1. The maximum Gasteiger partial charge on any atom is 0.0998 e. The van der Waals surface area contributed by atoms with Gasteiger partial charge in [-0.1, -0.05) is 30.3 Å².